The number of benzene rings is 1. The van der Waals surface area contributed by atoms with Gasteiger partial charge in [-0.2, -0.15) is 0 Å². The number of carbonyl (C=O) groups excluding carboxylic acids is 2. The fraction of sp³-hybridized carbons (Fsp3) is 0.652. The van der Waals surface area contributed by atoms with Crippen LogP contribution in [0.15, 0.2) is 18.2 Å². The third kappa shape index (κ3) is 6.20. The van der Waals surface area contributed by atoms with Crippen LogP contribution in [-0.2, 0) is 14.3 Å². The highest BCUT2D eigenvalue weighted by molar-refractivity contribution is 5.99. The summed E-state index contributed by atoms with van der Waals surface area (Å²) in [6.07, 6.45) is 4.35. The molecule has 0 aromatic heterocycles. The maximum absolute atomic E-state index is 13.2. The number of hydrogen-bond donors (Lipinski definition) is 1. The van der Waals surface area contributed by atoms with Gasteiger partial charge in [-0.3, -0.25) is 4.79 Å². The smallest absolute Gasteiger partial charge is 0.341 e. The zero-order valence-electron chi connectivity index (χ0n) is 18.4. The summed E-state index contributed by atoms with van der Waals surface area (Å²) < 4.78 is 16.7. The lowest BCUT2D eigenvalue weighted by Gasteiger charge is -2.38. The van der Waals surface area contributed by atoms with Gasteiger partial charge in [0.25, 0.3) is 5.91 Å². The quantitative estimate of drug-likeness (QED) is 0.596. The van der Waals surface area contributed by atoms with E-state index in [1.54, 1.807) is 18.2 Å². The van der Waals surface area contributed by atoms with Crippen molar-refractivity contribution in [1.82, 2.24) is 0 Å². The summed E-state index contributed by atoms with van der Waals surface area (Å²) >= 11 is 0. The molecule has 0 aliphatic heterocycles. The first-order valence-electron chi connectivity index (χ1n) is 10.6. The Kier molecular flexibility index (Phi) is 8.50. The van der Waals surface area contributed by atoms with E-state index in [1.165, 1.54) is 7.11 Å². The predicted molar refractivity (Wildman–Crippen MR) is 113 cm³/mol. The van der Waals surface area contributed by atoms with Crippen LogP contribution >= 0.6 is 0 Å². The van der Waals surface area contributed by atoms with Crippen molar-refractivity contribution in [2.45, 2.75) is 65.4 Å². The predicted octanol–water partition coefficient (Wildman–Crippen LogP) is 4.82. The SMILES string of the molecule is CCCO[C@]1(C(=O)Nc2ccc(OCC(C)C)c(C(=O)OC)c2)CCC[C@@H](C)C1. The fourth-order valence-corrected chi connectivity index (χ4v) is 3.71. The number of esters is 1. The van der Waals surface area contributed by atoms with Gasteiger partial charge in [0.15, 0.2) is 0 Å². The van der Waals surface area contributed by atoms with Crippen LogP contribution < -0.4 is 10.1 Å². The lowest BCUT2D eigenvalue weighted by molar-refractivity contribution is -0.148. The van der Waals surface area contributed by atoms with E-state index in [0.29, 0.717) is 54.9 Å². The monoisotopic (exact) mass is 405 g/mol. The highest BCUT2D eigenvalue weighted by Crippen LogP contribution is 2.36. The first-order chi connectivity index (χ1) is 13.8. The Morgan fingerprint density at radius 2 is 2.07 bits per heavy atom. The molecule has 0 spiro atoms. The summed E-state index contributed by atoms with van der Waals surface area (Å²) in [5, 5.41) is 2.97. The Bertz CT molecular complexity index is 703. The Labute approximate surface area is 174 Å². The van der Waals surface area contributed by atoms with E-state index in [2.05, 4.69) is 12.2 Å². The largest absolute Gasteiger partial charge is 0.492 e. The molecule has 1 aromatic rings. The Balaban J connectivity index is 2.24. The van der Waals surface area contributed by atoms with Gasteiger partial charge < -0.3 is 19.5 Å². The number of nitrogens with one attached hydrogen (secondary N) is 1. The molecule has 0 saturated heterocycles. The minimum absolute atomic E-state index is 0.149. The average Bonchev–Trinajstić information content (AvgIpc) is 2.70. The number of anilines is 1. The second-order valence-corrected chi connectivity index (χ2v) is 8.41. The first kappa shape index (κ1) is 23.2. The van der Waals surface area contributed by atoms with Crippen molar-refractivity contribution in [2.24, 2.45) is 11.8 Å². The van der Waals surface area contributed by atoms with Gasteiger partial charge >= 0.3 is 5.97 Å². The van der Waals surface area contributed by atoms with Crippen LogP contribution in [0.1, 0.15) is 70.2 Å². The highest BCUT2D eigenvalue weighted by Gasteiger charge is 2.42. The van der Waals surface area contributed by atoms with Gasteiger partial charge in [0.05, 0.1) is 13.7 Å². The zero-order chi connectivity index (χ0) is 21.4. The minimum Gasteiger partial charge on any atom is -0.492 e. The van der Waals surface area contributed by atoms with Gasteiger partial charge in [0.2, 0.25) is 0 Å². The van der Waals surface area contributed by atoms with Gasteiger partial charge in [-0.15, -0.1) is 0 Å². The molecule has 6 heteroatoms. The third-order valence-electron chi connectivity index (χ3n) is 5.17. The summed E-state index contributed by atoms with van der Waals surface area (Å²) in [6, 6.07) is 5.06. The molecule has 0 heterocycles. The second kappa shape index (κ2) is 10.6. The summed E-state index contributed by atoms with van der Waals surface area (Å²) in [7, 11) is 1.33. The third-order valence-corrected chi connectivity index (χ3v) is 5.17. The van der Waals surface area contributed by atoms with Crippen LogP contribution in [0, 0.1) is 11.8 Å². The molecule has 0 bridgehead atoms. The standard InChI is InChI=1S/C23H35NO5/c1-6-12-29-23(11-7-8-17(4)14-23)22(26)24-18-9-10-20(28-15-16(2)3)19(13-18)21(25)27-5/h9-10,13,16-17H,6-8,11-12,14-15H2,1-5H3,(H,24,26)/t17-,23-/m1/s1. The van der Waals surface area contributed by atoms with Crippen molar-refractivity contribution in [2.75, 3.05) is 25.6 Å². The molecule has 0 unspecified atom stereocenters. The van der Waals surface area contributed by atoms with Crippen LogP contribution in [0.25, 0.3) is 0 Å². The van der Waals surface area contributed by atoms with Crippen LogP contribution in [0.2, 0.25) is 0 Å². The van der Waals surface area contributed by atoms with Crippen molar-refractivity contribution in [3.05, 3.63) is 23.8 Å². The van der Waals surface area contributed by atoms with E-state index >= 15 is 0 Å². The topological polar surface area (TPSA) is 73.9 Å². The molecule has 2 atom stereocenters. The van der Waals surface area contributed by atoms with Crippen LogP contribution in [-0.4, -0.2) is 37.8 Å². The van der Waals surface area contributed by atoms with E-state index in [4.69, 9.17) is 14.2 Å². The lowest BCUT2D eigenvalue weighted by Crippen LogP contribution is -2.48. The molecule has 0 radical (unpaired) electrons. The summed E-state index contributed by atoms with van der Waals surface area (Å²) in [6.45, 7) is 9.31. The zero-order valence-corrected chi connectivity index (χ0v) is 18.4. The van der Waals surface area contributed by atoms with Crippen molar-refractivity contribution in [3.8, 4) is 5.75 Å². The van der Waals surface area contributed by atoms with Gasteiger partial charge in [0.1, 0.15) is 16.9 Å². The number of amides is 1. The number of methoxy groups -OCH3 is 1. The summed E-state index contributed by atoms with van der Waals surface area (Å²) in [5.41, 5.74) is 0.0165. The lowest BCUT2D eigenvalue weighted by atomic mass is 9.78. The molecule has 162 valence electrons. The summed E-state index contributed by atoms with van der Waals surface area (Å²) in [4.78, 5) is 25.4. The average molecular weight is 406 g/mol. The van der Waals surface area contributed by atoms with Crippen molar-refractivity contribution >= 4 is 17.6 Å². The number of hydrogen-bond acceptors (Lipinski definition) is 5. The number of rotatable bonds is 9. The summed E-state index contributed by atoms with van der Waals surface area (Å²) in [5.74, 6) is 0.562. The normalized spacial score (nSPS) is 21.7. The molecule has 1 fully saturated rings. The van der Waals surface area contributed by atoms with Crippen molar-refractivity contribution in [3.63, 3.8) is 0 Å². The van der Waals surface area contributed by atoms with Gasteiger partial charge in [-0.05, 0) is 55.7 Å². The number of ether oxygens (including phenoxy) is 3. The van der Waals surface area contributed by atoms with Crippen LogP contribution in [0.3, 0.4) is 0 Å². The fourth-order valence-electron chi connectivity index (χ4n) is 3.71. The van der Waals surface area contributed by atoms with Crippen molar-refractivity contribution in [1.29, 1.82) is 0 Å². The maximum Gasteiger partial charge on any atom is 0.341 e. The Hall–Kier alpha value is -2.08. The molecule has 1 aromatic carbocycles. The highest BCUT2D eigenvalue weighted by atomic mass is 16.5. The van der Waals surface area contributed by atoms with E-state index in [-0.39, 0.29) is 5.91 Å². The molecule has 2 rings (SSSR count). The van der Waals surface area contributed by atoms with Crippen LogP contribution in [0.5, 0.6) is 5.75 Å². The molecular weight excluding hydrogens is 370 g/mol. The van der Waals surface area contributed by atoms with E-state index in [9.17, 15) is 9.59 Å². The van der Waals surface area contributed by atoms with Gasteiger partial charge in [0, 0.05) is 12.3 Å². The maximum atomic E-state index is 13.2. The molecule has 1 aliphatic carbocycles. The molecule has 1 amide bonds. The minimum atomic E-state index is -0.814. The first-order valence-corrected chi connectivity index (χ1v) is 10.6. The molecular formula is C23H35NO5. The molecule has 6 nitrogen and oxygen atoms in total. The molecule has 1 aliphatic rings. The Morgan fingerprint density at radius 1 is 1.31 bits per heavy atom. The van der Waals surface area contributed by atoms with Crippen LogP contribution in [0.4, 0.5) is 5.69 Å². The van der Waals surface area contributed by atoms with E-state index in [0.717, 1.165) is 19.3 Å². The molecule has 1 N–H and O–H groups in total. The van der Waals surface area contributed by atoms with E-state index in [1.807, 2.05) is 20.8 Å². The molecule has 29 heavy (non-hydrogen) atoms. The second-order valence-electron chi connectivity index (χ2n) is 8.41. The Morgan fingerprint density at radius 3 is 2.69 bits per heavy atom. The van der Waals surface area contributed by atoms with E-state index < -0.39 is 11.6 Å². The van der Waals surface area contributed by atoms with Gasteiger partial charge in [-0.25, -0.2) is 4.79 Å². The number of carbonyl (C=O) groups is 2. The van der Waals surface area contributed by atoms with Gasteiger partial charge in [-0.1, -0.05) is 34.1 Å². The molecule has 1 saturated carbocycles. The van der Waals surface area contributed by atoms with Crippen molar-refractivity contribution < 1.29 is 23.8 Å².